The van der Waals surface area contributed by atoms with E-state index in [0.29, 0.717) is 0 Å². The SMILES string of the molecule is O=C(C(=O)c1ccc(Cl)cc1F)c1ccccc1. The van der Waals surface area contributed by atoms with Gasteiger partial charge in [-0.2, -0.15) is 0 Å². The number of ketones is 2. The monoisotopic (exact) mass is 262 g/mol. The van der Waals surface area contributed by atoms with Gasteiger partial charge in [0.15, 0.2) is 0 Å². The minimum Gasteiger partial charge on any atom is -0.285 e. The van der Waals surface area contributed by atoms with Crippen LogP contribution in [0.2, 0.25) is 5.02 Å². The van der Waals surface area contributed by atoms with Crippen LogP contribution in [0.1, 0.15) is 20.7 Å². The molecule has 0 aliphatic carbocycles. The Hall–Kier alpha value is -2.00. The highest BCUT2D eigenvalue weighted by Gasteiger charge is 2.21. The number of rotatable bonds is 3. The minimum absolute atomic E-state index is 0.177. The molecule has 18 heavy (non-hydrogen) atoms. The van der Waals surface area contributed by atoms with E-state index in [9.17, 15) is 14.0 Å². The molecule has 2 aromatic carbocycles. The lowest BCUT2D eigenvalue weighted by molar-refractivity contribution is 0.0814. The Labute approximate surface area is 108 Å². The highest BCUT2D eigenvalue weighted by molar-refractivity contribution is 6.49. The highest BCUT2D eigenvalue weighted by Crippen LogP contribution is 2.16. The van der Waals surface area contributed by atoms with Gasteiger partial charge in [-0.15, -0.1) is 0 Å². The molecule has 0 aliphatic rings. The van der Waals surface area contributed by atoms with Gasteiger partial charge in [0.2, 0.25) is 11.6 Å². The average molecular weight is 263 g/mol. The summed E-state index contributed by atoms with van der Waals surface area (Å²) in [4.78, 5) is 23.7. The fourth-order valence-electron chi connectivity index (χ4n) is 1.52. The van der Waals surface area contributed by atoms with Crippen molar-refractivity contribution in [3.8, 4) is 0 Å². The summed E-state index contributed by atoms with van der Waals surface area (Å²) in [6.07, 6.45) is 0. The number of Topliss-reactive ketones (excluding diaryl/α,β-unsaturated/α-hetero) is 2. The highest BCUT2D eigenvalue weighted by atomic mass is 35.5. The van der Waals surface area contributed by atoms with Crippen LogP contribution in [0, 0.1) is 5.82 Å². The van der Waals surface area contributed by atoms with Crippen LogP contribution in [0.5, 0.6) is 0 Å². The van der Waals surface area contributed by atoms with Gasteiger partial charge in [0.1, 0.15) is 5.82 Å². The zero-order chi connectivity index (χ0) is 13.1. The Morgan fingerprint density at radius 1 is 0.944 bits per heavy atom. The number of hydrogen-bond donors (Lipinski definition) is 0. The fraction of sp³-hybridized carbons (Fsp3) is 0. The lowest BCUT2D eigenvalue weighted by Gasteiger charge is -2.02. The van der Waals surface area contributed by atoms with E-state index < -0.39 is 17.4 Å². The van der Waals surface area contributed by atoms with Gasteiger partial charge in [0.25, 0.3) is 0 Å². The normalized spacial score (nSPS) is 10.1. The van der Waals surface area contributed by atoms with Crippen LogP contribution < -0.4 is 0 Å². The minimum atomic E-state index is -0.879. The molecule has 2 nitrogen and oxygen atoms in total. The molecule has 0 atom stereocenters. The molecular weight excluding hydrogens is 255 g/mol. The Balaban J connectivity index is 2.35. The molecule has 0 spiro atoms. The quantitative estimate of drug-likeness (QED) is 0.626. The molecule has 2 aromatic rings. The third-order valence-electron chi connectivity index (χ3n) is 2.42. The van der Waals surface area contributed by atoms with Crippen molar-refractivity contribution in [3.05, 3.63) is 70.5 Å². The number of carbonyl (C=O) groups is 2. The first-order valence-corrected chi connectivity index (χ1v) is 5.56. The van der Waals surface area contributed by atoms with E-state index in [1.807, 2.05) is 0 Å². The van der Waals surface area contributed by atoms with Gasteiger partial charge in [-0.3, -0.25) is 9.59 Å². The lowest BCUT2D eigenvalue weighted by Crippen LogP contribution is -2.15. The van der Waals surface area contributed by atoms with Crippen molar-refractivity contribution in [1.29, 1.82) is 0 Å². The van der Waals surface area contributed by atoms with Crippen LogP contribution in [0.3, 0.4) is 0 Å². The molecule has 0 radical (unpaired) electrons. The van der Waals surface area contributed by atoms with Gasteiger partial charge in [-0.05, 0) is 18.2 Å². The van der Waals surface area contributed by atoms with Crippen molar-refractivity contribution in [2.45, 2.75) is 0 Å². The molecule has 2 rings (SSSR count). The van der Waals surface area contributed by atoms with E-state index >= 15 is 0 Å². The predicted octanol–water partition coefficient (Wildman–Crippen LogP) is 3.54. The number of benzene rings is 2. The lowest BCUT2D eigenvalue weighted by atomic mass is 10.0. The molecule has 0 unspecified atom stereocenters. The van der Waals surface area contributed by atoms with Crippen molar-refractivity contribution in [3.63, 3.8) is 0 Å². The molecular formula is C14H8ClFO2. The maximum absolute atomic E-state index is 13.5. The smallest absolute Gasteiger partial charge is 0.236 e. The van der Waals surface area contributed by atoms with Gasteiger partial charge in [0.05, 0.1) is 5.56 Å². The number of halogens is 2. The molecule has 0 heterocycles. The first kappa shape index (κ1) is 12.5. The second-order valence-corrected chi connectivity index (χ2v) is 4.08. The fourth-order valence-corrected chi connectivity index (χ4v) is 1.68. The van der Waals surface area contributed by atoms with Crippen molar-refractivity contribution < 1.29 is 14.0 Å². The Bertz CT molecular complexity index is 608. The van der Waals surface area contributed by atoms with Gasteiger partial charge in [-0.25, -0.2) is 4.39 Å². The molecule has 90 valence electrons. The first-order chi connectivity index (χ1) is 8.59. The van der Waals surface area contributed by atoms with E-state index in [2.05, 4.69) is 0 Å². The largest absolute Gasteiger partial charge is 0.285 e. The maximum atomic E-state index is 13.5. The zero-order valence-electron chi connectivity index (χ0n) is 9.19. The Kier molecular flexibility index (Phi) is 3.53. The Morgan fingerprint density at radius 2 is 1.61 bits per heavy atom. The van der Waals surface area contributed by atoms with Crippen LogP contribution in [-0.2, 0) is 0 Å². The summed E-state index contributed by atoms with van der Waals surface area (Å²) >= 11 is 5.58. The van der Waals surface area contributed by atoms with Gasteiger partial charge in [0, 0.05) is 10.6 Å². The topological polar surface area (TPSA) is 34.1 Å². The second-order valence-electron chi connectivity index (χ2n) is 3.65. The van der Waals surface area contributed by atoms with Gasteiger partial charge >= 0.3 is 0 Å². The van der Waals surface area contributed by atoms with Crippen molar-refractivity contribution >= 4 is 23.2 Å². The molecule has 0 aliphatic heterocycles. The molecule has 0 amide bonds. The molecule has 0 bridgehead atoms. The molecule has 0 N–H and O–H groups in total. The summed E-state index contributed by atoms with van der Waals surface area (Å²) in [5, 5.41) is 0.177. The van der Waals surface area contributed by atoms with E-state index in [1.165, 1.54) is 24.3 Å². The summed E-state index contributed by atoms with van der Waals surface area (Å²) in [6, 6.07) is 11.6. The molecule has 0 saturated carbocycles. The van der Waals surface area contributed by atoms with Crippen molar-refractivity contribution in [1.82, 2.24) is 0 Å². The summed E-state index contributed by atoms with van der Waals surface area (Å²) < 4.78 is 13.5. The zero-order valence-corrected chi connectivity index (χ0v) is 9.95. The van der Waals surface area contributed by atoms with Crippen molar-refractivity contribution in [2.24, 2.45) is 0 Å². The van der Waals surface area contributed by atoms with Crippen LogP contribution in [0.4, 0.5) is 4.39 Å². The molecule has 0 aromatic heterocycles. The molecule has 0 fully saturated rings. The third-order valence-corrected chi connectivity index (χ3v) is 2.65. The van der Waals surface area contributed by atoms with Crippen LogP contribution in [0.15, 0.2) is 48.5 Å². The summed E-state index contributed by atoms with van der Waals surface area (Å²) in [5.41, 5.74) is -0.0369. The van der Waals surface area contributed by atoms with E-state index in [4.69, 9.17) is 11.6 Å². The first-order valence-electron chi connectivity index (χ1n) is 5.18. The standard InChI is InChI=1S/C14H8ClFO2/c15-10-6-7-11(12(16)8-10)14(18)13(17)9-4-2-1-3-5-9/h1-8H. The van der Waals surface area contributed by atoms with E-state index in [-0.39, 0.29) is 16.1 Å². The van der Waals surface area contributed by atoms with Crippen molar-refractivity contribution in [2.75, 3.05) is 0 Å². The third kappa shape index (κ3) is 2.46. The van der Waals surface area contributed by atoms with Crippen LogP contribution >= 0.6 is 11.6 Å². The van der Waals surface area contributed by atoms with E-state index in [1.54, 1.807) is 18.2 Å². The summed E-state index contributed by atoms with van der Waals surface area (Å²) in [7, 11) is 0. The van der Waals surface area contributed by atoms with E-state index in [0.717, 1.165) is 6.07 Å². The van der Waals surface area contributed by atoms with Crippen LogP contribution in [-0.4, -0.2) is 11.6 Å². The summed E-state index contributed by atoms with van der Waals surface area (Å²) in [6.45, 7) is 0. The Morgan fingerprint density at radius 3 is 2.22 bits per heavy atom. The number of hydrogen-bond acceptors (Lipinski definition) is 2. The van der Waals surface area contributed by atoms with Crippen LogP contribution in [0.25, 0.3) is 0 Å². The van der Waals surface area contributed by atoms with Gasteiger partial charge < -0.3 is 0 Å². The maximum Gasteiger partial charge on any atom is 0.236 e. The van der Waals surface area contributed by atoms with Gasteiger partial charge in [-0.1, -0.05) is 41.9 Å². The summed E-state index contributed by atoms with van der Waals surface area (Å²) in [5.74, 6) is -2.41. The second kappa shape index (κ2) is 5.10. The molecule has 4 heteroatoms. The predicted molar refractivity (Wildman–Crippen MR) is 66.5 cm³/mol. The number of carbonyl (C=O) groups excluding carboxylic acids is 2. The molecule has 0 saturated heterocycles. The average Bonchev–Trinajstić information content (AvgIpc) is 2.38.